The first-order valence-corrected chi connectivity index (χ1v) is 13.9. The van der Waals surface area contributed by atoms with Crippen molar-refractivity contribution in [2.24, 2.45) is 0 Å². The third-order valence-corrected chi connectivity index (χ3v) is 12.6. The number of halogens is 2. The van der Waals surface area contributed by atoms with E-state index >= 15 is 0 Å². The fraction of sp³-hybridized carbons (Fsp3) is 0.680. The van der Waals surface area contributed by atoms with Crippen LogP contribution in [0.4, 0.5) is 0 Å². The number of hydrogen-bond donors (Lipinski definition) is 0. The van der Waals surface area contributed by atoms with Crippen LogP contribution < -0.4 is 0 Å². The molecule has 3 saturated carbocycles. The zero-order valence-electron chi connectivity index (χ0n) is 17.4. The van der Waals surface area contributed by atoms with E-state index in [0.29, 0.717) is 0 Å². The average Bonchev–Trinajstić information content (AvgIpc) is 2.73. The van der Waals surface area contributed by atoms with Crippen molar-refractivity contribution in [3.63, 3.8) is 0 Å². The van der Waals surface area contributed by atoms with Crippen LogP contribution in [-0.4, -0.2) is 21.3 Å². The van der Waals surface area contributed by atoms with Crippen LogP contribution in [0.5, 0.6) is 0 Å². The molecule has 3 aliphatic carbocycles. The summed E-state index contributed by atoms with van der Waals surface area (Å²) in [5, 5.41) is 0.101. The standard InChI is InChI=1S/C25H35Cl2P.Ru/c26-24-17-10-18-25(27,23(24)19-20-11-4-1-5-12-20)28(21-13-6-2-7-14-21)22-15-8-3-9-16-22;/h1,4-5,11-12,19,21-22,24H,2-3,6-10,13-18H2;. The fourth-order valence-corrected chi connectivity index (χ4v) is 12.1. The molecule has 0 bridgehead atoms. The molecule has 0 spiro atoms. The third-order valence-electron chi connectivity index (χ3n) is 7.21. The van der Waals surface area contributed by atoms with Gasteiger partial charge in [-0.3, -0.25) is 0 Å². The quantitative estimate of drug-likeness (QED) is 0.204. The van der Waals surface area contributed by atoms with Gasteiger partial charge < -0.3 is 0 Å². The first-order valence-electron chi connectivity index (χ1n) is 11.6. The summed E-state index contributed by atoms with van der Waals surface area (Å²) < 4.78 is -0.181. The summed E-state index contributed by atoms with van der Waals surface area (Å²) in [6.07, 6.45) is 19.9. The van der Waals surface area contributed by atoms with Crippen LogP contribution >= 0.6 is 31.1 Å². The maximum absolute atomic E-state index is 7.79. The van der Waals surface area contributed by atoms with E-state index in [9.17, 15) is 0 Å². The van der Waals surface area contributed by atoms with Gasteiger partial charge in [0, 0.05) is 19.5 Å². The molecule has 3 aliphatic rings. The molecule has 0 aromatic heterocycles. The summed E-state index contributed by atoms with van der Waals surface area (Å²) in [6, 6.07) is 10.7. The molecule has 2 atom stereocenters. The minimum Gasteiger partial charge on any atom is -0.118 e. The second kappa shape index (κ2) is 11.5. The van der Waals surface area contributed by atoms with Crippen molar-refractivity contribution < 1.29 is 19.5 Å². The van der Waals surface area contributed by atoms with Gasteiger partial charge in [0.25, 0.3) is 0 Å². The van der Waals surface area contributed by atoms with Gasteiger partial charge in [-0.2, -0.15) is 0 Å². The minimum atomic E-state index is -0.247. The van der Waals surface area contributed by atoms with Crippen LogP contribution in [0.25, 0.3) is 6.08 Å². The van der Waals surface area contributed by atoms with Gasteiger partial charge in [-0.1, -0.05) is 82.9 Å². The van der Waals surface area contributed by atoms with E-state index in [1.54, 1.807) is 0 Å². The van der Waals surface area contributed by atoms with Crippen molar-refractivity contribution in [1.82, 2.24) is 0 Å². The van der Waals surface area contributed by atoms with E-state index in [0.717, 1.165) is 24.2 Å². The number of alkyl halides is 2. The molecule has 0 saturated heterocycles. The third kappa shape index (κ3) is 5.69. The van der Waals surface area contributed by atoms with Gasteiger partial charge in [0.05, 0.1) is 9.99 Å². The summed E-state index contributed by atoms with van der Waals surface area (Å²) in [6.45, 7) is 0. The second-order valence-electron chi connectivity index (χ2n) is 9.12. The molecule has 0 nitrogen and oxygen atoms in total. The van der Waals surface area contributed by atoms with E-state index in [1.807, 2.05) is 0 Å². The average molecular weight is 539 g/mol. The van der Waals surface area contributed by atoms with E-state index in [4.69, 9.17) is 23.2 Å². The van der Waals surface area contributed by atoms with E-state index < -0.39 is 0 Å². The molecule has 162 valence electrons. The van der Waals surface area contributed by atoms with Gasteiger partial charge in [0.15, 0.2) is 0 Å². The first-order chi connectivity index (χ1) is 13.7. The Balaban J connectivity index is 0.00000240. The molecule has 0 aliphatic heterocycles. The van der Waals surface area contributed by atoms with Crippen LogP contribution in [0.2, 0.25) is 0 Å². The molecule has 29 heavy (non-hydrogen) atoms. The van der Waals surface area contributed by atoms with Crippen molar-refractivity contribution in [2.75, 3.05) is 0 Å². The molecule has 0 heterocycles. The van der Waals surface area contributed by atoms with Gasteiger partial charge in [0.1, 0.15) is 0 Å². The Kier molecular flexibility index (Phi) is 9.58. The maximum Gasteiger partial charge on any atom is 0.0869 e. The Hall–Kier alpha value is 0.593. The predicted molar refractivity (Wildman–Crippen MR) is 127 cm³/mol. The summed E-state index contributed by atoms with van der Waals surface area (Å²) in [4.78, 5) is 0. The molecule has 2 unspecified atom stereocenters. The van der Waals surface area contributed by atoms with E-state index in [2.05, 4.69) is 36.4 Å². The molecule has 1 aromatic carbocycles. The Morgan fingerprint density at radius 3 is 1.90 bits per heavy atom. The van der Waals surface area contributed by atoms with Gasteiger partial charge in [0.2, 0.25) is 0 Å². The number of benzene rings is 1. The second-order valence-corrected chi connectivity index (χ2v) is 13.6. The smallest absolute Gasteiger partial charge is 0.0869 e. The van der Waals surface area contributed by atoms with Gasteiger partial charge in [-0.25, -0.2) is 0 Å². The van der Waals surface area contributed by atoms with Crippen LogP contribution in [0, 0.1) is 0 Å². The van der Waals surface area contributed by atoms with Crippen molar-refractivity contribution in [2.45, 2.75) is 105 Å². The van der Waals surface area contributed by atoms with Crippen molar-refractivity contribution in [3.05, 3.63) is 41.5 Å². The molecule has 0 N–H and O–H groups in total. The van der Waals surface area contributed by atoms with Crippen LogP contribution in [0.3, 0.4) is 0 Å². The van der Waals surface area contributed by atoms with Crippen LogP contribution in [0.15, 0.2) is 35.9 Å². The number of hydrogen-bond acceptors (Lipinski definition) is 0. The monoisotopic (exact) mass is 538 g/mol. The molecular formula is C25H35Cl2PRu. The Labute approximate surface area is 202 Å². The Morgan fingerprint density at radius 1 is 0.793 bits per heavy atom. The molecule has 4 rings (SSSR count). The summed E-state index contributed by atoms with van der Waals surface area (Å²) >= 11 is 14.8. The fourth-order valence-electron chi connectivity index (χ4n) is 5.86. The zero-order chi connectivity index (χ0) is 19.4. The molecule has 0 amide bonds. The van der Waals surface area contributed by atoms with E-state index in [-0.39, 0.29) is 37.4 Å². The molecular weight excluding hydrogens is 503 g/mol. The number of allylic oxidation sites excluding steroid dienone is 1. The summed E-state index contributed by atoms with van der Waals surface area (Å²) in [5.74, 6) is 0. The minimum absolute atomic E-state index is 0. The summed E-state index contributed by atoms with van der Waals surface area (Å²) in [7, 11) is -0.247. The predicted octanol–water partition coefficient (Wildman–Crippen LogP) is 8.94. The van der Waals surface area contributed by atoms with E-state index in [1.165, 1.54) is 81.8 Å². The van der Waals surface area contributed by atoms with Crippen molar-refractivity contribution in [1.29, 1.82) is 0 Å². The zero-order valence-corrected chi connectivity index (χ0v) is 21.6. The topological polar surface area (TPSA) is 0 Å². The molecule has 1 aromatic rings. The number of rotatable bonds is 4. The summed E-state index contributed by atoms with van der Waals surface area (Å²) in [5.41, 5.74) is 4.32. The van der Waals surface area contributed by atoms with Crippen molar-refractivity contribution >= 4 is 37.2 Å². The van der Waals surface area contributed by atoms with Gasteiger partial charge in [-0.05, 0) is 67.4 Å². The van der Waals surface area contributed by atoms with Gasteiger partial charge in [-0.15, -0.1) is 23.2 Å². The van der Waals surface area contributed by atoms with Gasteiger partial charge >= 0.3 is 0 Å². The maximum atomic E-state index is 7.79. The molecule has 3 fully saturated rings. The van der Waals surface area contributed by atoms with Crippen LogP contribution in [-0.2, 0) is 19.5 Å². The first kappa shape index (κ1) is 24.2. The molecule has 4 heteroatoms. The normalized spacial score (nSPS) is 31.0. The SMILES string of the molecule is ClC1CCCC(Cl)(P(C2CCCCC2)C2CCCCC2)C1=Cc1ccccc1.[Ru]. The molecule has 0 radical (unpaired) electrons. The Bertz CT molecular complexity index is 634. The van der Waals surface area contributed by atoms with Crippen LogP contribution in [0.1, 0.15) is 89.0 Å². The van der Waals surface area contributed by atoms with Crippen molar-refractivity contribution in [3.8, 4) is 0 Å². The largest absolute Gasteiger partial charge is 0.118 e. The Morgan fingerprint density at radius 2 is 1.34 bits per heavy atom.